The number of nitriles is 1. The highest BCUT2D eigenvalue weighted by atomic mass is 14.9. The average molecular weight is 211 g/mol. The first-order valence-electron chi connectivity index (χ1n) is 5.16. The lowest BCUT2D eigenvalue weighted by Gasteiger charge is -2.04. The van der Waals surface area contributed by atoms with Gasteiger partial charge in [0.15, 0.2) is 0 Å². The van der Waals surface area contributed by atoms with Crippen LogP contribution < -0.4 is 0 Å². The van der Waals surface area contributed by atoms with Crippen molar-refractivity contribution >= 4 is 0 Å². The molecule has 0 atom stereocenters. The highest BCUT2D eigenvalue weighted by Crippen LogP contribution is 2.25. The van der Waals surface area contributed by atoms with Crippen molar-refractivity contribution in [1.82, 2.24) is 9.97 Å². The predicted molar refractivity (Wildman–Crippen MR) is 62.9 cm³/mol. The summed E-state index contributed by atoms with van der Waals surface area (Å²) in [6, 6.07) is 8.25. The van der Waals surface area contributed by atoms with Crippen molar-refractivity contribution in [2.75, 3.05) is 0 Å². The third-order valence-electron chi connectivity index (χ3n) is 2.63. The van der Waals surface area contributed by atoms with E-state index in [-0.39, 0.29) is 0 Å². The normalized spacial score (nSPS) is 10.1. The van der Waals surface area contributed by atoms with Crippen LogP contribution in [0.4, 0.5) is 0 Å². The Bertz CT molecular complexity index is 573. The van der Waals surface area contributed by atoms with Crippen LogP contribution in [-0.2, 0) is 0 Å². The van der Waals surface area contributed by atoms with Crippen LogP contribution in [0.1, 0.15) is 22.6 Å². The summed E-state index contributed by atoms with van der Waals surface area (Å²) in [5, 5.41) is 8.79. The van der Waals surface area contributed by atoms with Gasteiger partial charge in [0.1, 0.15) is 6.07 Å². The van der Waals surface area contributed by atoms with E-state index in [2.05, 4.69) is 42.0 Å². The van der Waals surface area contributed by atoms with Crippen LogP contribution in [-0.4, -0.2) is 9.97 Å². The molecular formula is C13H13N3. The highest BCUT2D eigenvalue weighted by Gasteiger charge is 2.10. The predicted octanol–water partition coefficient (Wildman–Crippen LogP) is 2.87. The molecule has 2 aromatic rings. The number of H-pyrrole nitrogens is 1. The van der Waals surface area contributed by atoms with Crippen molar-refractivity contribution < 1.29 is 0 Å². The number of aromatic amines is 1. The Kier molecular flexibility index (Phi) is 2.49. The van der Waals surface area contributed by atoms with Gasteiger partial charge in [-0.1, -0.05) is 23.8 Å². The second kappa shape index (κ2) is 3.82. The van der Waals surface area contributed by atoms with Crippen molar-refractivity contribution in [3.05, 3.63) is 40.8 Å². The zero-order chi connectivity index (χ0) is 11.7. The third kappa shape index (κ3) is 1.70. The smallest absolute Gasteiger partial charge is 0.210 e. The molecule has 0 bridgehead atoms. The van der Waals surface area contributed by atoms with E-state index >= 15 is 0 Å². The van der Waals surface area contributed by atoms with Gasteiger partial charge in [0.05, 0.1) is 5.69 Å². The standard InChI is InChI=1S/C13H13N3/c1-8-4-5-11(9(2)6-8)13-10(3)15-12(7-14)16-13/h4-6H,1-3H3,(H,15,16). The molecule has 80 valence electrons. The number of rotatable bonds is 1. The van der Waals surface area contributed by atoms with E-state index in [1.165, 1.54) is 11.1 Å². The Hall–Kier alpha value is -2.08. The van der Waals surface area contributed by atoms with Gasteiger partial charge in [-0.25, -0.2) is 4.98 Å². The van der Waals surface area contributed by atoms with Crippen LogP contribution >= 0.6 is 0 Å². The summed E-state index contributed by atoms with van der Waals surface area (Å²) < 4.78 is 0. The minimum atomic E-state index is 0.368. The van der Waals surface area contributed by atoms with Crippen molar-refractivity contribution in [3.8, 4) is 17.3 Å². The molecule has 3 heteroatoms. The number of aromatic nitrogens is 2. The maximum absolute atomic E-state index is 8.79. The Morgan fingerprint density at radius 2 is 2.00 bits per heavy atom. The molecule has 0 aliphatic heterocycles. The number of aryl methyl sites for hydroxylation is 3. The quantitative estimate of drug-likeness (QED) is 0.788. The molecular weight excluding hydrogens is 198 g/mol. The molecule has 1 aromatic heterocycles. The van der Waals surface area contributed by atoms with Gasteiger partial charge >= 0.3 is 0 Å². The summed E-state index contributed by atoms with van der Waals surface area (Å²) in [5.41, 5.74) is 5.30. The largest absolute Gasteiger partial charge is 0.333 e. The molecule has 0 radical (unpaired) electrons. The van der Waals surface area contributed by atoms with Crippen LogP contribution in [0.3, 0.4) is 0 Å². The van der Waals surface area contributed by atoms with Gasteiger partial charge in [0.25, 0.3) is 0 Å². The molecule has 0 unspecified atom stereocenters. The van der Waals surface area contributed by atoms with Crippen molar-refractivity contribution in [3.63, 3.8) is 0 Å². The molecule has 0 aliphatic rings. The number of imidazole rings is 1. The van der Waals surface area contributed by atoms with E-state index in [1.807, 2.05) is 13.0 Å². The van der Waals surface area contributed by atoms with E-state index in [1.54, 1.807) is 0 Å². The minimum absolute atomic E-state index is 0.368. The number of hydrogen-bond acceptors (Lipinski definition) is 2. The van der Waals surface area contributed by atoms with Crippen LogP contribution in [0, 0.1) is 32.1 Å². The highest BCUT2D eigenvalue weighted by molar-refractivity contribution is 5.66. The Labute approximate surface area is 94.8 Å². The lowest BCUT2D eigenvalue weighted by atomic mass is 10.0. The first-order valence-corrected chi connectivity index (χ1v) is 5.16. The average Bonchev–Trinajstić information content (AvgIpc) is 2.60. The molecule has 1 heterocycles. The Balaban J connectivity index is 2.59. The van der Waals surface area contributed by atoms with E-state index in [4.69, 9.17) is 5.26 Å². The lowest BCUT2D eigenvalue weighted by Crippen LogP contribution is -1.87. The minimum Gasteiger partial charge on any atom is -0.333 e. The molecule has 3 nitrogen and oxygen atoms in total. The fourth-order valence-electron chi connectivity index (χ4n) is 1.85. The molecule has 2 rings (SSSR count). The summed E-state index contributed by atoms with van der Waals surface area (Å²) in [4.78, 5) is 7.23. The fraction of sp³-hybridized carbons (Fsp3) is 0.231. The van der Waals surface area contributed by atoms with Gasteiger partial charge < -0.3 is 4.98 Å². The van der Waals surface area contributed by atoms with Gasteiger partial charge in [-0.2, -0.15) is 5.26 Å². The Morgan fingerprint density at radius 1 is 1.25 bits per heavy atom. The van der Waals surface area contributed by atoms with Crippen LogP contribution in [0.2, 0.25) is 0 Å². The summed E-state index contributed by atoms with van der Waals surface area (Å²) in [5.74, 6) is 0.368. The molecule has 0 spiro atoms. The van der Waals surface area contributed by atoms with Gasteiger partial charge in [-0.3, -0.25) is 0 Å². The second-order valence-electron chi connectivity index (χ2n) is 3.99. The molecule has 16 heavy (non-hydrogen) atoms. The van der Waals surface area contributed by atoms with Crippen LogP contribution in [0.5, 0.6) is 0 Å². The summed E-state index contributed by atoms with van der Waals surface area (Å²) in [6.45, 7) is 6.06. The molecule has 1 N–H and O–H groups in total. The maximum Gasteiger partial charge on any atom is 0.210 e. The van der Waals surface area contributed by atoms with E-state index in [0.29, 0.717) is 5.82 Å². The van der Waals surface area contributed by atoms with Crippen molar-refractivity contribution in [2.24, 2.45) is 0 Å². The van der Waals surface area contributed by atoms with E-state index in [9.17, 15) is 0 Å². The van der Waals surface area contributed by atoms with Gasteiger partial charge in [0, 0.05) is 11.3 Å². The van der Waals surface area contributed by atoms with Crippen molar-refractivity contribution in [1.29, 1.82) is 5.26 Å². The SMILES string of the molecule is Cc1ccc(-c2nc(C#N)[nH]c2C)c(C)c1. The molecule has 0 fully saturated rings. The summed E-state index contributed by atoms with van der Waals surface area (Å²) in [6.07, 6.45) is 0. The van der Waals surface area contributed by atoms with Crippen LogP contribution in [0.15, 0.2) is 18.2 Å². The molecule has 0 saturated heterocycles. The Morgan fingerprint density at radius 3 is 2.56 bits per heavy atom. The zero-order valence-corrected chi connectivity index (χ0v) is 9.63. The monoisotopic (exact) mass is 211 g/mol. The fourth-order valence-corrected chi connectivity index (χ4v) is 1.85. The number of nitrogens with zero attached hydrogens (tertiary/aromatic N) is 2. The number of nitrogens with one attached hydrogen (secondary N) is 1. The van der Waals surface area contributed by atoms with Crippen molar-refractivity contribution in [2.45, 2.75) is 20.8 Å². The third-order valence-corrected chi connectivity index (χ3v) is 2.63. The topological polar surface area (TPSA) is 52.5 Å². The molecule has 0 aliphatic carbocycles. The molecule has 0 amide bonds. The lowest BCUT2D eigenvalue weighted by molar-refractivity contribution is 1.20. The summed E-state index contributed by atoms with van der Waals surface area (Å²) in [7, 11) is 0. The number of hydrogen-bond donors (Lipinski definition) is 1. The first kappa shape index (κ1) is 10.4. The molecule has 0 saturated carbocycles. The summed E-state index contributed by atoms with van der Waals surface area (Å²) >= 11 is 0. The van der Waals surface area contributed by atoms with Gasteiger partial charge in [-0.05, 0) is 26.3 Å². The maximum atomic E-state index is 8.79. The zero-order valence-electron chi connectivity index (χ0n) is 9.63. The second-order valence-corrected chi connectivity index (χ2v) is 3.99. The van der Waals surface area contributed by atoms with E-state index < -0.39 is 0 Å². The van der Waals surface area contributed by atoms with E-state index in [0.717, 1.165) is 17.0 Å². The van der Waals surface area contributed by atoms with Gasteiger partial charge in [0.2, 0.25) is 5.82 Å². The van der Waals surface area contributed by atoms with Gasteiger partial charge in [-0.15, -0.1) is 0 Å². The first-order chi connectivity index (χ1) is 7.61. The molecule has 1 aromatic carbocycles. The number of benzene rings is 1. The van der Waals surface area contributed by atoms with Crippen LogP contribution in [0.25, 0.3) is 11.3 Å².